The van der Waals surface area contributed by atoms with E-state index in [9.17, 15) is 14.4 Å². The Labute approximate surface area is 233 Å². The number of anilines is 3. The minimum absolute atomic E-state index is 0.180. The van der Waals surface area contributed by atoms with Crippen molar-refractivity contribution in [3.05, 3.63) is 71.7 Å². The number of urea groups is 1. The topological polar surface area (TPSA) is 128 Å². The molecule has 1 saturated heterocycles. The molecule has 40 heavy (non-hydrogen) atoms. The Hall–Kier alpha value is -4.95. The Bertz CT molecular complexity index is 1650. The number of benzene rings is 2. The van der Waals surface area contributed by atoms with Crippen LogP contribution < -0.4 is 20.3 Å². The second kappa shape index (κ2) is 10.7. The van der Waals surface area contributed by atoms with E-state index in [-0.39, 0.29) is 24.3 Å². The summed E-state index contributed by atoms with van der Waals surface area (Å²) < 4.78 is 5.88. The largest absolute Gasteiger partial charge is 0.457 e. The van der Waals surface area contributed by atoms with Crippen LogP contribution in [0.15, 0.2) is 66.9 Å². The van der Waals surface area contributed by atoms with Gasteiger partial charge in [0, 0.05) is 25.3 Å². The highest BCUT2D eigenvalue weighted by Crippen LogP contribution is 2.45. The van der Waals surface area contributed by atoms with Crippen LogP contribution in [0, 0.1) is 11.3 Å². The van der Waals surface area contributed by atoms with Crippen molar-refractivity contribution in [3.8, 4) is 17.6 Å². The Balaban J connectivity index is 1.25. The molecule has 4 aromatic rings. The van der Waals surface area contributed by atoms with Crippen LogP contribution >= 0.6 is 11.3 Å². The zero-order valence-corrected chi connectivity index (χ0v) is 22.1. The normalized spacial score (nSPS) is 16.3. The van der Waals surface area contributed by atoms with Crippen LogP contribution in [0.5, 0.6) is 11.5 Å². The highest BCUT2D eigenvalue weighted by molar-refractivity contribution is 7.21. The number of aromatic nitrogens is 1. The molecular weight excluding hydrogens is 528 g/mol. The van der Waals surface area contributed by atoms with Crippen LogP contribution in [0.3, 0.4) is 0 Å². The predicted octanol–water partition coefficient (Wildman–Crippen LogP) is 5.41. The highest BCUT2D eigenvalue weighted by Gasteiger charge is 2.34. The molecule has 2 N–H and O–H groups in total. The quantitative estimate of drug-likeness (QED) is 0.329. The predicted molar refractivity (Wildman–Crippen MR) is 151 cm³/mol. The summed E-state index contributed by atoms with van der Waals surface area (Å²) >= 11 is 1.21. The first-order valence-electron chi connectivity index (χ1n) is 12.8. The summed E-state index contributed by atoms with van der Waals surface area (Å²) in [5.41, 5.74) is 1.69. The number of likely N-dealkylation sites (tertiary alicyclic amines) is 1. The molecule has 2 aliphatic heterocycles. The van der Waals surface area contributed by atoms with Gasteiger partial charge in [0.1, 0.15) is 27.6 Å². The van der Waals surface area contributed by atoms with Crippen molar-refractivity contribution in [3.63, 3.8) is 0 Å². The molecule has 0 saturated carbocycles. The lowest BCUT2D eigenvalue weighted by molar-refractivity contribution is -0.131. The van der Waals surface area contributed by atoms with Crippen molar-refractivity contribution in [1.82, 2.24) is 15.2 Å². The maximum atomic E-state index is 13.4. The molecular formula is C29H24N6O4S. The fourth-order valence-corrected chi connectivity index (χ4v) is 6.06. The molecule has 0 spiro atoms. The van der Waals surface area contributed by atoms with E-state index in [2.05, 4.69) is 15.6 Å². The average molecular weight is 553 g/mol. The van der Waals surface area contributed by atoms with Gasteiger partial charge in [-0.2, -0.15) is 5.26 Å². The number of nitrogens with zero attached hydrogens (tertiary/aromatic N) is 4. The number of carbonyl (C=O) groups is 3. The van der Waals surface area contributed by atoms with Crippen LogP contribution in [-0.4, -0.2) is 46.9 Å². The van der Waals surface area contributed by atoms with E-state index in [0.717, 1.165) is 12.8 Å². The number of rotatable bonds is 6. The number of ether oxygens (including phenoxy) is 1. The SMILES string of the molecule is N#CCC(=O)N1CCC[C@@H](NC(=O)c2sc3nccc4c3c2NC(=O)N4c2ccc(Oc3ccccc3)cc2)C1. The zero-order valence-electron chi connectivity index (χ0n) is 21.3. The summed E-state index contributed by atoms with van der Waals surface area (Å²) in [5, 5.41) is 15.5. The summed E-state index contributed by atoms with van der Waals surface area (Å²) in [6.45, 7) is 0.916. The van der Waals surface area contributed by atoms with E-state index in [1.807, 2.05) is 36.4 Å². The fourth-order valence-electron chi connectivity index (χ4n) is 5.04. The van der Waals surface area contributed by atoms with Crippen molar-refractivity contribution < 1.29 is 19.1 Å². The van der Waals surface area contributed by atoms with Gasteiger partial charge in [0.25, 0.3) is 5.91 Å². The number of pyridine rings is 1. The fraction of sp³-hybridized carbons (Fsp3) is 0.207. The van der Waals surface area contributed by atoms with E-state index in [0.29, 0.717) is 56.7 Å². The van der Waals surface area contributed by atoms with E-state index < -0.39 is 6.03 Å². The minimum Gasteiger partial charge on any atom is -0.457 e. The summed E-state index contributed by atoms with van der Waals surface area (Å²) in [4.78, 5) is 47.5. The van der Waals surface area contributed by atoms with Crippen LogP contribution in [0.1, 0.15) is 28.9 Å². The number of carbonyl (C=O) groups excluding carboxylic acids is 3. The number of amides is 4. The number of hydrogen-bond donors (Lipinski definition) is 2. The molecule has 200 valence electrons. The Morgan fingerprint density at radius 3 is 2.67 bits per heavy atom. The van der Waals surface area contributed by atoms with Gasteiger partial charge in [0.2, 0.25) is 5.91 Å². The lowest BCUT2D eigenvalue weighted by atomic mass is 10.0. The lowest BCUT2D eigenvalue weighted by Crippen LogP contribution is -2.49. The molecule has 0 unspecified atom stereocenters. The first kappa shape index (κ1) is 25.3. The van der Waals surface area contributed by atoms with Crippen LogP contribution in [0.25, 0.3) is 10.2 Å². The van der Waals surface area contributed by atoms with Crippen molar-refractivity contribution in [2.75, 3.05) is 23.3 Å². The first-order valence-corrected chi connectivity index (χ1v) is 13.6. The van der Waals surface area contributed by atoms with Gasteiger partial charge in [0.05, 0.1) is 28.5 Å². The van der Waals surface area contributed by atoms with Crippen molar-refractivity contribution >= 4 is 56.5 Å². The molecule has 4 amide bonds. The van der Waals surface area contributed by atoms with E-state index in [4.69, 9.17) is 10.00 Å². The van der Waals surface area contributed by atoms with Gasteiger partial charge in [-0.15, -0.1) is 11.3 Å². The second-order valence-electron chi connectivity index (χ2n) is 9.48. The Morgan fingerprint density at radius 2 is 1.90 bits per heavy atom. The molecule has 0 bridgehead atoms. The minimum atomic E-state index is -0.393. The van der Waals surface area contributed by atoms with Gasteiger partial charge in [-0.25, -0.2) is 9.78 Å². The van der Waals surface area contributed by atoms with Gasteiger partial charge < -0.3 is 20.3 Å². The van der Waals surface area contributed by atoms with Gasteiger partial charge >= 0.3 is 6.03 Å². The van der Waals surface area contributed by atoms with Crippen LogP contribution in [0.4, 0.5) is 21.9 Å². The summed E-state index contributed by atoms with van der Waals surface area (Å²) in [6, 6.07) is 19.6. The molecule has 4 heterocycles. The van der Waals surface area contributed by atoms with Gasteiger partial charge in [-0.05, 0) is 55.3 Å². The van der Waals surface area contributed by atoms with Crippen LogP contribution in [-0.2, 0) is 4.79 Å². The number of piperidine rings is 1. The number of thiophene rings is 1. The van der Waals surface area contributed by atoms with Gasteiger partial charge in [-0.3, -0.25) is 14.5 Å². The van der Waals surface area contributed by atoms with Crippen LogP contribution in [0.2, 0.25) is 0 Å². The van der Waals surface area contributed by atoms with Crippen molar-refractivity contribution in [2.45, 2.75) is 25.3 Å². The third kappa shape index (κ3) is 4.81. The third-order valence-electron chi connectivity index (χ3n) is 6.87. The summed E-state index contributed by atoms with van der Waals surface area (Å²) in [5.74, 6) is 0.780. The number of hydrogen-bond acceptors (Lipinski definition) is 7. The molecule has 2 aromatic carbocycles. The van der Waals surface area contributed by atoms with Crippen molar-refractivity contribution in [2.24, 2.45) is 0 Å². The maximum absolute atomic E-state index is 13.4. The third-order valence-corrected chi connectivity index (χ3v) is 7.96. The summed E-state index contributed by atoms with van der Waals surface area (Å²) in [7, 11) is 0. The second-order valence-corrected chi connectivity index (χ2v) is 10.5. The molecule has 1 atom stereocenters. The molecule has 1 fully saturated rings. The highest BCUT2D eigenvalue weighted by atomic mass is 32.1. The molecule has 0 radical (unpaired) electrons. The number of nitrogens with one attached hydrogen (secondary N) is 2. The van der Waals surface area contributed by atoms with E-state index in [1.165, 1.54) is 11.3 Å². The molecule has 6 rings (SSSR count). The Morgan fingerprint density at radius 1 is 1.12 bits per heavy atom. The van der Waals surface area contributed by atoms with E-state index >= 15 is 0 Å². The lowest BCUT2D eigenvalue weighted by Gasteiger charge is -2.33. The molecule has 11 heteroatoms. The molecule has 2 aromatic heterocycles. The number of para-hydroxylation sites is 1. The monoisotopic (exact) mass is 552 g/mol. The summed E-state index contributed by atoms with van der Waals surface area (Å²) in [6.07, 6.45) is 2.89. The molecule has 2 aliphatic rings. The average Bonchev–Trinajstić information content (AvgIpc) is 3.34. The maximum Gasteiger partial charge on any atom is 0.331 e. The molecule has 10 nitrogen and oxygen atoms in total. The van der Waals surface area contributed by atoms with Crippen molar-refractivity contribution in [1.29, 1.82) is 5.26 Å². The smallest absolute Gasteiger partial charge is 0.331 e. The first-order chi connectivity index (χ1) is 19.5. The van der Waals surface area contributed by atoms with E-state index in [1.54, 1.807) is 46.3 Å². The zero-order chi connectivity index (χ0) is 27.6. The van der Waals surface area contributed by atoms with Gasteiger partial charge in [-0.1, -0.05) is 18.2 Å². The Kier molecular flexibility index (Phi) is 6.76. The van der Waals surface area contributed by atoms with Gasteiger partial charge in [0.15, 0.2) is 0 Å². The molecule has 0 aliphatic carbocycles. The standard InChI is InChI=1S/C29H24N6O4S/c30-14-12-23(36)34-16-4-5-18(17-34)32-27(37)26-25-24-22(13-15-31-28(24)40-26)35(29(38)33-25)19-8-10-21(11-9-19)39-20-6-2-1-3-7-20/h1-3,6-11,13,15,18H,4-5,12,16-17H2,(H,32,37)(H,33,38)/t18-/m1/s1. The number of nitriles is 1.